The van der Waals surface area contributed by atoms with E-state index in [2.05, 4.69) is 127 Å². The number of benzene rings is 3. The molecule has 2 heterocycles. The summed E-state index contributed by atoms with van der Waals surface area (Å²) in [5, 5.41) is 17.8. The molecule has 4 aromatic rings. The highest BCUT2D eigenvalue weighted by Gasteiger charge is 2.31. The largest absolute Gasteiger partial charge is 0.513 e. The van der Waals surface area contributed by atoms with Crippen molar-refractivity contribution in [2.24, 2.45) is 0 Å². The van der Waals surface area contributed by atoms with Gasteiger partial charge in [0.2, 0.25) is 11.8 Å². The number of aliphatic hydroxyl groups is 1. The van der Waals surface area contributed by atoms with Crippen LogP contribution < -0.4 is 30.1 Å². The molecule has 0 radical (unpaired) electrons. The summed E-state index contributed by atoms with van der Waals surface area (Å²) in [5.74, 6) is 2.13. The first kappa shape index (κ1) is 41.6. The summed E-state index contributed by atoms with van der Waals surface area (Å²) in [4.78, 5) is 7.06. The summed E-state index contributed by atoms with van der Waals surface area (Å²) in [5.41, 5.74) is 12.6. The van der Waals surface area contributed by atoms with Crippen LogP contribution in [0.15, 0.2) is 79.2 Å². The van der Waals surface area contributed by atoms with Gasteiger partial charge in [-0.25, -0.2) is 0 Å². The smallest absolute Gasteiger partial charge is 0.222 e. The van der Waals surface area contributed by atoms with Crippen LogP contribution in [-0.2, 0) is 24.1 Å². The molecule has 6 atom stereocenters. The number of nitrogens with zero attached hydrogens (tertiary/aromatic N) is 2. The third kappa shape index (κ3) is 9.73. The SMILES string of the molecule is C=C(O)CCN(C)Cc1cc(C(P)(P)P)c(O[C@H]2CCc3c(-c4cccc(-c5cc(P)c(CNCC6CCC(=C)N6)c(OC)c5)c4C)cccc32)nc1OC. The maximum absolute atomic E-state index is 9.61. The van der Waals surface area contributed by atoms with Crippen LogP contribution in [0.25, 0.3) is 22.3 Å². The Morgan fingerprint density at radius 1 is 1.02 bits per heavy atom. The predicted molar refractivity (Wildman–Crippen MR) is 241 cm³/mol. The molecule has 1 aliphatic carbocycles. The van der Waals surface area contributed by atoms with Crippen LogP contribution in [0.2, 0.25) is 0 Å². The Morgan fingerprint density at radius 2 is 1.76 bits per heavy atom. The Labute approximate surface area is 336 Å². The summed E-state index contributed by atoms with van der Waals surface area (Å²) in [6.07, 6.45) is 4.24. The van der Waals surface area contributed by atoms with Crippen LogP contribution in [0.3, 0.4) is 0 Å². The highest BCUT2D eigenvalue weighted by Crippen LogP contribution is 2.51. The molecular formula is C43H56N4O4P4. The average Bonchev–Trinajstić information content (AvgIpc) is 3.76. The van der Waals surface area contributed by atoms with Crippen molar-refractivity contribution in [3.05, 3.63) is 113 Å². The van der Waals surface area contributed by atoms with Gasteiger partial charge in [-0.15, -0.1) is 37.0 Å². The minimum Gasteiger partial charge on any atom is -0.513 e. The van der Waals surface area contributed by atoms with Crippen molar-refractivity contribution in [2.75, 3.05) is 34.4 Å². The van der Waals surface area contributed by atoms with Gasteiger partial charge < -0.3 is 34.9 Å². The number of fused-ring (bicyclic) bond motifs is 1. The summed E-state index contributed by atoms with van der Waals surface area (Å²) in [6, 6.07) is 20.1. The first-order valence-corrected chi connectivity index (χ1v) is 21.1. The molecule has 0 saturated carbocycles. The van der Waals surface area contributed by atoms with Gasteiger partial charge in [0.15, 0.2) is 0 Å². The summed E-state index contributed by atoms with van der Waals surface area (Å²) in [6.45, 7) is 12.8. The Balaban J connectivity index is 1.26. The lowest BCUT2D eigenvalue weighted by Crippen LogP contribution is -2.33. The second kappa shape index (κ2) is 18.0. The van der Waals surface area contributed by atoms with E-state index < -0.39 is 4.64 Å². The zero-order valence-corrected chi connectivity index (χ0v) is 37.1. The number of rotatable bonds is 16. The molecule has 1 aliphatic heterocycles. The first-order valence-electron chi connectivity index (χ1n) is 18.8. The quantitative estimate of drug-likeness (QED) is 0.0770. The molecule has 5 unspecified atom stereocenters. The van der Waals surface area contributed by atoms with E-state index in [1.165, 1.54) is 33.4 Å². The highest BCUT2D eigenvalue weighted by molar-refractivity contribution is 7.56. The van der Waals surface area contributed by atoms with E-state index in [9.17, 15) is 5.11 Å². The monoisotopic (exact) mass is 816 g/mol. The van der Waals surface area contributed by atoms with E-state index in [1.54, 1.807) is 14.2 Å². The van der Waals surface area contributed by atoms with E-state index in [1.807, 2.05) is 7.05 Å². The molecule has 55 heavy (non-hydrogen) atoms. The third-order valence-corrected chi connectivity index (χ3v) is 12.1. The lowest BCUT2D eigenvalue weighted by Gasteiger charge is -2.26. The number of nitrogens with one attached hydrogen (secondary N) is 2. The second-order valence-corrected chi connectivity index (χ2v) is 20.3. The fourth-order valence-corrected chi connectivity index (χ4v) is 8.81. The van der Waals surface area contributed by atoms with Crippen molar-refractivity contribution >= 4 is 42.3 Å². The zero-order valence-electron chi connectivity index (χ0n) is 32.5. The fourth-order valence-electron chi connectivity index (χ4n) is 7.77. The number of hydrogen-bond donors (Lipinski definition) is 3. The molecule has 6 rings (SSSR count). The summed E-state index contributed by atoms with van der Waals surface area (Å²) < 4.78 is 18.1. The summed E-state index contributed by atoms with van der Waals surface area (Å²) >= 11 is 0. The normalized spacial score (nSPS) is 16.6. The number of ether oxygens (including phenoxy) is 3. The van der Waals surface area contributed by atoms with Gasteiger partial charge in [0.1, 0.15) is 11.9 Å². The summed E-state index contributed by atoms with van der Waals surface area (Å²) in [7, 11) is 17.0. The number of hydrogen-bond acceptors (Lipinski definition) is 8. The minimum atomic E-state index is -0.459. The molecular weight excluding hydrogens is 760 g/mol. The Bertz CT molecular complexity index is 2070. The van der Waals surface area contributed by atoms with Crippen LogP contribution in [-0.4, -0.2) is 55.4 Å². The number of methoxy groups -OCH3 is 2. The number of allylic oxidation sites excluding steroid dienone is 1. The van der Waals surface area contributed by atoms with Crippen molar-refractivity contribution < 1.29 is 19.3 Å². The molecule has 0 amide bonds. The Hall–Kier alpha value is -3.07. The molecule has 1 saturated heterocycles. The van der Waals surface area contributed by atoms with Gasteiger partial charge in [0.05, 0.1) is 20.0 Å². The van der Waals surface area contributed by atoms with E-state index in [-0.39, 0.29) is 11.9 Å². The molecule has 2 aliphatic rings. The van der Waals surface area contributed by atoms with Crippen molar-refractivity contribution in [3.63, 3.8) is 0 Å². The van der Waals surface area contributed by atoms with E-state index >= 15 is 0 Å². The Kier molecular flexibility index (Phi) is 13.6. The maximum Gasteiger partial charge on any atom is 0.222 e. The predicted octanol–water partition coefficient (Wildman–Crippen LogP) is 8.29. The molecule has 292 valence electrons. The molecule has 1 aromatic heterocycles. The minimum absolute atomic E-state index is 0.158. The molecule has 0 spiro atoms. The van der Waals surface area contributed by atoms with E-state index in [0.29, 0.717) is 37.3 Å². The van der Waals surface area contributed by atoms with Gasteiger partial charge in [-0.2, -0.15) is 4.98 Å². The van der Waals surface area contributed by atoms with Crippen LogP contribution in [0.5, 0.6) is 17.5 Å². The Morgan fingerprint density at radius 3 is 2.45 bits per heavy atom. The lowest BCUT2D eigenvalue weighted by molar-refractivity contribution is 0.194. The van der Waals surface area contributed by atoms with Gasteiger partial charge in [-0.05, 0) is 102 Å². The van der Waals surface area contributed by atoms with Crippen molar-refractivity contribution in [2.45, 2.75) is 68.9 Å². The topological polar surface area (TPSA) is 88.1 Å². The van der Waals surface area contributed by atoms with Crippen molar-refractivity contribution in [1.82, 2.24) is 20.5 Å². The van der Waals surface area contributed by atoms with Crippen LogP contribution in [0.4, 0.5) is 0 Å². The van der Waals surface area contributed by atoms with Crippen LogP contribution in [0, 0.1) is 6.92 Å². The second-order valence-electron chi connectivity index (χ2n) is 14.9. The van der Waals surface area contributed by atoms with Gasteiger partial charge in [0.25, 0.3) is 0 Å². The third-order valence-electron chi connectivity index (χ3n) is 10.7. The fraction of sp³-hybridized carbons (Fsp3) is 0.372. The molecule has 0 bridgehead atoms. The zero-order chi connectivity index (χ0) is 39.4. The van der Waals surface area contributed by atoms with Gasteiger partial charge in [0, 0.05) is 65.7 Å². The number of aromatic nitrogens is 1. The van der Waals surface area contributed by atoms with Gasteiger partial charge in [-0.1, -0.05) is 49.6 Å². The van der Waals surface area contributed by atoms with Gasteiger partial charge >= 0.3 is 0 Å². The number of pyridine rings is 1. The highest BCUT2D eigenvalue weighted by atomic mass is 31.1. The molecule has 8 nitrogen and oxygen atoms in total. The maximum atomic E-state index is 9.61. The van der Waals surface area contributed by atoms with E-state index in [0.717, 1.165) is 77.8 Å². The molecule has 1 fully saturated rings. The lowest BCUT2D eigenvalue weighted by atomic mass is 9.89. The van der Waals surface area contributed by atoms with E-state index in [4.69, 9.17) is 19.2 Å². The number of aliphatic hydroxyl groups excluding tert-OH is 1. The van der Waals surface area contributed by atoms with Crippen LogP contribution in [0.1, 0.15) is 65.2 Å². The van der Waals surface area contributed by atoms with Crippen molar-refractivity contribution in [1.29, 1.82) is 0 Å². The molecule has 12 heteroatoms. The molecule has 3 N–H and O–H groups in total. The van der Waals surface area contributed by atoms with Gasteiger partial charge in [-0.3, -0.25) is 0 Å². The standard InChI is InChI=1S/C43H56N4O4P4/c1-25-13-14-30(45-25)22-44-23-36-39(49-5)20-28(21-40(36)52)31-9-7-10-32(27(31)3)33-11-8-12-35-34(33)15-16-38(35)51-42-37(43(53,54)55)19-29(41(46-42)50-6)24-47(4)18-17-26(2)48/h7-12,19-21,30,38,44-45,48H,1-2,13-18,22-24,52-55H2,3-6H3/t30?,38-/m0/s1. The molecule has 3 aromatic carbocycles. The first-order chi connectivity index (χ1) is 26.3. The van der Waals surface area contributed by atoms with Crippen LogP contribution >= 0.6 is 37.0 Å². The average molecular weight is 817 g/mol. The van der Waals surface area contributed by atoms with Crippen molar-refractivity contribution in [3.8, 4) is 39.8 Å².